The van der Waals surface area contributed by atoms with E-state index in [1.54, 1.807) is 7.11 Å². The molecule has 1 aliphatic carbocycles. The van der Waals surface area contributed by atoms with Crippen molar-refractivity contribution in [1.29, 1.82) is 0 Å². The summed E-state index contributed by atoms with van der Waals surface area (Å²) >= 11 is 3.47. The van der Waals surface area contributed by atoms with Crippen LogP contribution >= 0.6 is 15.9 Å². The molecule has 0 radical (unpaired) electrons. The van der Waals surface area contributed by atoms with Crippen molar-refractivity contribution in [3.8, 4) is 0 Å². The molecule has 1 heterocycles. The van der Waals surface area contributed by atoms with Crippen LogP contribution in [0.25, 0.3) is 0 Å². The van der Waals surface area contributed by atoms with Crippen LogP contribution in [-0.2, 0) is 11.8 Å². The molecule has 6 heteroatoms. The number of hydrogen-bond donors (Lipinski definition) is 1. The fraction of sp³-hybridized carbons (Fsp3) is 0.818. The van der Waals surface area contributed by atoms with Crippen molar-refractivity contribution in [3.05, 3.63) is 10.3 Å². The van der Waals surface area contributed by atoms with E-state index in [1.807, 2.05) is 18.8 Å². The number of ether oxygens (including phenoxy) is 1. The molecule has 0 saturated heterocycles. The third kappa shape index (κ3) is 2.13. The van der Waals surface area contributed by atoms with Gasteiger partial charge < -0.3 is 10.1 Å². The van der Waals surface area contributed by atoms with Crippen molar-refractivity contribution in [2.45, 2.75) is 37.3 Å². The molecule has 1 aromatic rings. The molecule has 1 aromatic heterocycles. The van der Waals surface area contributed by atoms with Gasteiger partial charge in [-0.2, -0.15) is 0 Å². The first-order chi connectivity index (χ1) is 8.14. The van der Waals surface area contributed by atoms with E-state index in [4.69, 9.17) is 4.74 Å². The molecule has 1 saturated carbocycles. The Hall–Kier alpha value is -0.460. The molecule has 0 aromatic carbocycles. The fourth-order valence-electron chi connectivity index (χ4n) is 2.88. The largest absolute Gasteiger partial charge is 0.376 e. The predicted octanol–water partition coefficient (Wildman–Crippen LogP) is 1.80. The number of likely N-dealkylation sites (N-methyl/N-ethyl adjacent to an activating group) is 1. The van der Waals surface area contributed by atoms with Crippen LogP contribution in [0.15, 0.2) is 4.60 Å². The molecule has 1 fully saturated rings. The highest BCUT2D eigenvalue weighted by molar-refractivity contribution is 9.10. The molecule has 5 nitrogen and oxygen atoms in total. The minimum Gasteiger partial charge on any atom is -0.376 e. The van der Waals surface area contributed by atoms with Gasteiger partial charge in [-0.05, 0) is 35.8 Å². The normalized spacial score (nSPS) is 20.7. The molecule has 2 rings (SSSR count). The molecule has 1 N–H and O–H groups in total. The maximum atomic E-state index is 5.83. The van der Waals surface area contributed by atoms with Crippen LogP contribution in [0, 0.1) is 0 Å². The van der Waals surface area contributed by atoms with E-state index in [0.29, 0.717) is 0 Å². The molecule has 96 valence electrons. The zero-order chi connectivity index (χ0) is 12.5. The lowest BCUT2D eigenvalue weighted by atomic mass is 9.90. The first-order valence-corrected chi connectivity index (χ1v) is 6.71. The maximum absolute atomic E-state index is 5.83. The van der Waals surface area contributed by atoms with Gasteiger partial charge in [0.25, 0.3) is 0 Å². The summed E-state index contributed by atoms with van der Waals surface area (Å²) in [6.45, 7) is 0. The average molecular weight is 303 g/mol. The number of nitrogens with zero attached hydrogens (tertiary/aromatic N) is 3. The van der Waals surface area contributed by atoms with E-state index in [1.165, 1.54) is 12.8 Å². The zero-order valence-electron chi connectivity index (χ0n) is 10.5. The molecule has 0 bridgehead atoms. The summed E-state index contributed by atoms with van der Waals surface area (Å²) in [6, 6.07) is 0.115. The van der Waals surface area contributed by atoms with Crippen LogP contribution in [0.5, 0.6) is 0 Å². The number of aromatic nitrogens is 3. The van der Waals surface area contributed by atoms with Gasteiger partial charge in [0.1, 0.15) is 0 Å². The summed E-state index contributed by atoms with van der Waals surface area (Å²) in [5.74, 6) is 0. The Balaban J connectivity index is 2.39. The van der Waals surface area contributed by atoms with Gasteiger partial charge in [0.2, 0.25) is 0 Å². The molecule has 0 aliphatic heterocycles. The zero-order valence-corrected chi connectivity index (χ0v) is 12.1. The molecule has 1 unspecified atom stereocenters. The monoisotopic (exact) mass is 302 g/mol. The highest BCUT2D eigenvalue weighted by atomic mass is 79.9. The van der Waals surface area contributed by atoms with E-state index in [2.05, 4.69) is 31.6 Å². The van der Waals surface area contributed by atoms with Crippen molar-refractivity contribution in [3.63, 3.8) is 0 Å². The van der Waals surface area contributed by atoms with E-state index < -0.39 is 0 Å². The first-order valence-electron chi connectivity index (χ1n) is 5.92. The SMILES string of the molecule is CNC(c1c(Br)nnn1C)C1(OC)CCCC1. The Kier molecular flexibility index (Phi) is 3.85. The van der Waals surface area contributed by atoms with Gasteiger partial charge in [0.15, 0.2) is 4.60 Å². The lowest BCUT2D eigenvalue weighted by Gasteiger charge is -2.36. The molecule has 1 atom stereocenters. The van der Waals surface area contributed by atoms with E-state index in [0.717, 1.165) is 23.1 Å². The van der Waals surface area contributed by atoms with Crippen LogP contribution in [-0.4, -0.2) is 34.8 Å². The summed E-state index contributed by atoms with van der Waals surface area (Å²) in [6.07, 6.45) is 4.59. The van der Waals surface area contributed by atoms with Gasteiger partial charge in [0, 0.05) is 14.2 Å². The summed E-state index contributed by atoms with van der Waals surface area (Å²) in [7, 11) is 5.67. The summed E-state index contributed by atoms with van der Waals surface area (Å²) in [5, 5.41) is 11.5. The van der Waals surface area contributed by atoms with Gasteiger partial charge in [0.05, 0.1) is 17.3 Å². The minimum atomic E-state index is -0.132. The van der Waals surface area contributed by atoms with Gasteiger partial charge in [-0.15, -0.1) is 5.10 Å². The average Bonchev–Trinajstić information content (AvgIpc) is 2.92. The van der Waals surface area contributed by atoms with E-state index >= 15 is 0 Å². The van der Waals surface area contributed by atoms with Crippen LogP contribution in [0.4, 0.5) is 0 Å². The molecular weight excluding hydrogens is 284 g/mol. The highest BCUT2D eigenvalue weighted by Crippen LogP contribution is 2.43. The summed E-state index contributed by atoms with van der Waals surface area (Å²) < 4.78 is 8.44. The maximum Gasteiger partial charge on any atom is 0.153 e. The molecule has 1 aliphatic rings. The van der Waals surface area contributed by atoms with E-state index in [9.17, 15) is 0 Å². The highest BCUT2D eigenvalue weighted by Gasteiger charge is 2.44. The number of hydrogen-bond acceptors (Lipinski definition) is 4. The van der Waals surface area contributed by atoms with E-state index in [-0.39, 0.29) is 11.6 Å². The number of aryl methyl sites for hydroxylation is 1. The second-order valence-electron chi connectivity index (χ2n) is 4.59. The second kappa shape index (κ2) is 5.04. The van der Waals surface area contributed by atoms with Crippen LogP contribution in [0.3, 0.4) is 0 Å². The van der Waals surface area contributed by atoms with Gasteiger partial charge in [-0.3, -0.25) is 0 Å². The van der Waals surface area contributed by atoms with Crippen molar-refractivity contribution in [2.24, 2.45) is 7.05 Å². The molecular formula is C11H19BrN4O. The van der Waals surface area contributed by atoms with Gasteiger partial charge >= 0.3 is 0 Å². The van der Waals surface area contributed by atoms with Gasteiger partial charge in [-0.25, -0.2) is 4.68 Å². The van der Waals surface area contributed by atoms with Crippen LogP contribution < -0.4 is 5.32 Å². The third-order valence-corrected chi connectivity index (χ3v) is 4.34. The Morgan fingerprint density at radius 1 is 1.47 bits per heavy atom. The lowest BCUT2D eigenvalue weighted by Crippen LogP contribution is -2.43. The number of nitrogens with one attached hydrogen (secondary N) is 1. The van der Waals surface area contributed by atoms with Crippen molar-refractivity contribution in [2.75, 3.05) is 14.2 Å². The minimum absolute atomic E-state index is 0.115. The first kappa shape index (κ1) is 13.0. The Labute approximate surface area is 110 Å². The summed E-state index contributed by atoms with van der Waals surface area (Å²) in [5.41, 5.74) is 0.920. The topological polar surface area (TPSA) is 52.0 Å². The third-order valence-electron chi connectivity index (χ3n) is 3.77. The fourth-order valence-corrected chi connectivity index (χ4v) is 3.43. The number of methoxy groups -OCH3 is 1. The number of halogens is 1. The van der Waals surface area contributed by atoms with Crippen LogP contribution in [0.2, 0.25) is 0 Å². The molecule has 0 spiro atoms. The molecule has 0 amide bonds. The number of rotatable bonds is 4. The second-order valence-corrected chi connectivity index (χ2v) is 5.34. The Bertz CT molecular complexity index is 367. The lowest BCUT2D eigenvalue weighted by molar-refractivity contribution is -0.0370. The molecule has 17 heavy (non-hydrogen) atoms. The smallest absolute Gasteiger partial charge is 0.153 e. The predicted molar refractivity (Wildman–Crippen MR) is 68.7 cm³/mol. The summed E-state index contributed by atoms with van der Waals surface area (Å²) in [4.78, 5) is 0. The van der Waals surface area contributed by atoms with Crippen molar-refractivity contribution >= 4 is 15.9 Å². The van der Waals surface area contributed by atoms with Crippen molar-refractivity contribution < 1.29 is 4.74 Å². The Morgan fingerprint density at radius 2 is 2.12 bits per heavy atom. The Morgan fingerprint density at radius 3 is 2.53 bits per heavy atom. The van der Waals surface area contributed by atoms with Crippen molar-refractivity contribution in [1.82, 2.24) is 20.3 Å². The van der Waals surface area contributed by atoms with Crippen LogP contribution in [0.1, 0.15) is 37.4 Å². The quantitative estimate of drug-likeness (QED) is 0.921. The van der Waals surface area contributed by atoms with Gasteiger partial charge in [-0.1, -0.05) is 18.1 Å². The standard InChI is InChI=1S/C11H19BrN4O/c1-13-9(8-10(12)14-15-16(8)2)11(17-3)6-4-5-7-11/h9,13H,4-7H2,1-3H3.